The standard InChI is InChI=1S/C24H21NO5S/c26-23(25-10-12-28-13-11-25)21(16-6-2-1-3-7-16)30-24(27)20-14-17-15-29-19-9-5-4-8-18(19)22(17)31-20/h1-9,14,21H,10-13,15H2/t21-/m1/s1. The van der Waals surface area contributed by atoms with Crippen molar-refractivity contribution in [2.45, 2.75) is 12.7 Å². The molecular weight excluding hydrogens is 414 g/mol. The number of hydrogen-bond acceptors (Lipinski definition) is 6. The molecule has 0 bridgehead atoms. The first kappa shape index (κ1) is 19.8. The Kier molecular flexibility index (Phi) is 5.44. The fraction of sp³-hybridized carbons (Fsp3) is 0.250. The van der Waals surface area contributed by atoms with Gasteiger partial charge in [0, 0.05) is 34.7 Å². The predicted molar refractivity (Wildman–Crippen MR) is 116 cm³/mol. The van der Waals surface area contributed by atoms with Crippen LogP contribution < -0.4 is 4.74 Å². The van der Waals surface area contributed by atoms with Gasteiger partial charge in [0.15, 0.2) is 0 Å². The van der Waals surface area contributed by atoms with Crippen LogP contribution >= 0.6 is 11.3 Å². The normalized spacial score (nSPS) is 15.9. The maximum atomic E-state index is 13.2. The lowest BCUT2D eigenvalue weighted by Gasteiger charge is -2.30. The molecule has 158 valence electrons. The van der Waals surface area contributed by atoms with Crippen molar-refractivity contribution < 1.29 is 23.8 Å². The molecule has 0 unspecified atom stereocenters. The number of morpholine rings is 1. The molecule has 1 atom stereocenters. The highest BCUT2D eigenvalue weighted by Gasteiger charge is 2.32. The number of nitrogens with zero attached hydrogens (tertiary/aromatic N) is 1. The van der Waals surface area contributed by atoms with Crippen molar-refractivity contribution in [2.24, 2.45) is 0 Å². The smallest absolute Gasteiger partial charge is 0.349 e. The lowest BCUT2D eigenvalue weighted by atomic mass is 10.1. The van der Waals surface area contributed by atoms with E-state index >= 15 is 0 Å². The van der Waals surface area contributed by atoms with E-state index in [-0.39, 0.29) is 5.91 Å². The Hall–Kier alpha value is -3.16. The average Bonchev–Trinajstić information content (AvgIpc) is 3.28. The monoisotopic (exact) mass is 435 g/mol. The lowest BCUT2D eigenvalue weighted by Crippen LogP contribution is -2.44. The Morgan fingerprint density at radius 1 is 1.00 bits per heavy atom. The summed E-state index contributed by atoms with van der Waals surface area (Å²) < 4.78 is 16.9. The van der Waals surface area contributed by atoms with Crippen molar-refractivity contribution in [1.29, 1.82) is 0 Å². The molecule has 0 spiro atoms. The van der Waals surface area contributed by atoms with E-state index < -0.39 is 12.1 Å². The number of fused-ring (bicyclic) bond motifs is 3. The summed E-state index contributed by atoms with van der Waals surface area (Å²) in [4.78, 5) is 29.5. The van der Waals surface area contributed by atoms with Gasteiger partial charge in [0.1, 0.15) is 17.2 Å². The highest BCUT2D eigenvalue weighted by atomic mass is 32.1. The van der Waals surface area contributed by atoms with Gasteiger partial charge < -0.3 is 19.1 Å². The molecule has 0 saturated carbocycles. The van der Waals surface area contributed by atoms with Crippen molar-refractivity contribution in [2.75, 3.05) is 26.3 Å². The highest BCUT2D eigenvalue weighted by Crippen LogP contribution is 2.42. The first-order valence-electron chi connectivity index (χ1n) is 10.2. The number of carbonyl (C=O) groups excluding carboxylic acids is 2. The maximum Gasteiger partial charge on any atom is 0.349 e. The Labute approximate surface area is 184 Å². The molecule has 0 aliphatic carbocycles. The third-order valence-electron chi connectivity index (χ3n) is 5.40. The van der Waals surface area contributed by atoms with Gasteiger partial charge >= 0.3 is 5.97 Å². The average molecular weight is 436 g/mol. The molecule has 1 fully saturated rings. The van der Waals surface area contributed by atoms with E-state index in [9.17, 15) is 9.59 Å². The molecule has 2 aliphatic heterocycles. The van der Waals surface area contributed by atoms with Crippen LogP contribution in [0.5, 0.6) is 5.75 Å². The minimum atomic E-state index is -0.991. The molecule has 7 heteroatoms. The van der Waals surface area contributed by atoms with Crippen molar-refractivity contribution in [3.63, 3.8) is 0 Å². The molecule has 3 aromatic rings. The van der Waals surface area contributed by atoms with Gasteiger partial charge in [0.05, 0.1) is 13.2 Å². The topological polar surface area (TPSA) is 65.1 Å². The van der Waals surface area contributed by atoms with Gasteiger partial charge in [-0.1, -0.05) is 42.5 Å². The Morgan fingerprint density at radius 2 is 1.74 bits per heavy atom. The molecule has 1 saturated heterocycles. The van der Waals surface area contributed by atoms with Gasteiger partial charge in [-0.2, -0.15) is 0 Å². The summed E-state index contributed by atoms with van der Waals surface area (Å²) in [5, 5.41) is 0. The number of hydrogen-bond donors (Lipinski definition) is 0. The van der Waals surface area contributed by atoms with E-state index in [1.54, 1.807) is 23.1 Å². The SMILES string of the molecule is O=C(O[C@@H](C(=O)N1CCOCC1)c1ccccc1)c1cc2c(s1)-c1ccccc1OC2. The number of rotatable bonds is 4. The number of carbonyl (C=O) groups is 2. The lowest BCUT2D eigenvalue weighted by molar-refractivity contribution is -0.145. The minimum absolute atomic E-state index is 0.224. The molecule has 5 rings (SSSR count). The number of thiophene rings is 1. The summed E-state index contributed by atoms with van der Waals surface area (Å²) in [6.07, 6.45) is -0.991. The van der Waals surface area contributed by atoms with Gasteiger partial charge in [-0.15, -0.1) is 11.3 Å². The van der Waals surface area contributed by atoms with E-state index in [0.29, 0.717) is 43.4 Å². The van der Waals surface area contributed by atoms with Crippen LogP contribution in [-0.2, 0) is 20.9 Å². The largest absolute Gasteiger partial charge is 0.488 e. The first-order chi connectivity index (χ1) is 15.2. The fourth-order valence-electron chi connectivity index (χ4n) is 3.80. The third kappa shape index (κ3) is 3.94. The van der Waals surface area contributed by atoms with Crippen LogP contribution in [-0.4, -0.2) is 43.1 Å². The zero-order chi connectivity index (χ0) is 21.2. The van der Waals surface area contributed by atoms with Crippen LogP contribution in [0.25, 0.3) is 10.4 Å². The number of esters is 1. The first-order valence-corrected chi connectivity index (χ1v) is 11.0. The van der Waals surface area contributed by atoms with Crippen LogP contribution in [0.1, 0.15) is 26.9 Å². The second-order valence-corrected chi connectivity index (χ2v) is 8.44. The Balaban J connectivity index is 1.42. The quantitative estimate of drug-likeness (QED) is 0.578. The number of amides is 1. The molecule has 31 heavy (non-hydrogen) atoms. The summed E-state index contributed by atoms with van der Waals surface area (Å²) in [6, 6.07) is 18.7. The van der Waals surface area contributed by atoms with E-state index in [0.717, 1.165) is 21.8 Å². The summed E-state index contributed by atoms with van der Waals surface area (Å²) >= 11 is 1.37. The summed E-state index contributed by atoms with van der Waals surface area (Å²) in [5.74, 6) is 0.0756. The van der Waals surface area contributed by atoms with E-state index in [1.165, 1.54) is 11.3 Å². The van der Waals surface area contributed by atoms with Crippen LogP contribution in [0, 0.1) is 0 Å². The molecule has 2 aliphatic rings. The van der Waals surface area contributed by atoms with Gasteiger partial charge in [0.2, 0.25) is 6.10 Å². The number of ether oxygens (including phenoxy) is 3. The molecule has 6 nitrogen and oxygen atoms in total. The molecule has 0 radical (unpaired) electrons. The Bertz CT molecular complexity index is 1100. The zero-order valence-electron chi connectivity index (χ0n) is 16.8. The molecule has 3 heterocycles. The van der Waals surface area contributed by atoms with Crippen molar-refractivity contribution in [3.8, 4) is 16.2 Å². The van der Waals surface area contributed by atoms with Crippen molar-refractivity contribution in [3.05, 3.63) is 76.7 Å². The van der Waals surface area contributed by atoms with Crippen LogP contribution in [0.2, 0.25) is 0 Å². The summed E-state index contributed by atoms with van der Waals surface area (Å²) in [7, 11) is 0. The van der Waals surface area contributed by atoms with E-state index in [1.807, 2.05) is 42.5 Å². The van der Waals surface area contributed by atoms with Crippen LogP contribution in [0.3, 0.4) is 0 Å². The molecule has 1 aromatic heterocycles. The molecule has 0 N–H and O–H groups in total. The van der Waals surface area contributed by atoms with Gasteiger partial charge in [-0.25, -0.2) is 4.79 Å². The van der Waals surface area contributed by atoms with Crippen LogP contribution in [0.4, 0.5) is 0 Å². The molecule has 1 amide bonds. The minimum Gasteiger partial charge on any atom is -0.488 e. The molecular formula is C24H21NO5S. The number of para-hydroxylation sites is 1. The van der Waals surface area contributed by atoms with Crippen molar-refractivity contribution in [1.82, 2.24) is 4.90 Å². The third-order valence-corrected chi connectivity index (χ3v) is 6.59. The van der Waals surface area contributed by atoms with Gasteiger partial charge in [0.25, 0.3) is 5.91 Å². The zero-order valence-corrected chi connectivity index (χ0v) is 17.6. The van der Waals surface area contributed by atoms with Gasteiger partial charge in [-0.05, 0) is 18.2 Å². The summed E-state index contributed by atoms with van der Waals surface area (Å²) in [5.41, 5.74) is 2.57. The van der Waals surface area contributed by atoms with Crippen LogP contribution in [0.15, 0.2) is 60.7 Å². The highest BCUT2D eigenvalue weighted by molar-refractivity contribution is 7.17. The second kappa shape index (κ2) is 8.53. The number of benzene rings is 2. The van der Waals surface area contributed by atoms with E-state index in [4.69, 9.17) is 14.2 Å². The summed E-state index contributed by atoms with van der Waals surface area (Å²) in [6.45, 7) is 2.35. The fourth-order valence-corrected chi connectivity index (χ4v) is 4.88. The van der Waals surface area contributed by atoms with Crippen molar-refractivity contribution >= 4 is 23.2 Å². The molecule has 2 aromatic carbocycles. The van der Waals surface area contributed by atoms with E-state index in [2.05, 4.69) is 0 Å². The van der Waals surface area contributed by atoms with Gasteiger partial charge in [-0.3, -0.25) is 4.79 Å². The predicted octanol–water partition coefficient (Wildman–Crippen LogP) is 4.06. The maximum absolute atomic E-state index is 13.2. The Morgan fingerprint density at radius 3 is 2.55 bits per heavy atom. The second-order valence-electron chi connectivity index (χ2n) is 7.38.